The summed E-state index contributed by atoms with van der Waals surface area (Å²) in [7, 11) is 3.25. The third-order valence-corrected chi connectivity index (χ3v) is 5.76. The summed E-state index contributed by atoms with van der Waals surface area (Å²) in [5.74, 6) is -1.60. The number of ether oxygens (including phenoxy) is 2. The molecular weight excluding hydrogens is 461 g/mol. The number of hydrogen-bond acceptors (Lipinski definition) is 7. The van der Waals surface area contributed by atoms with Gasteiger partial charge in [0.2, 0.25) is 5.95 Å². The molecule has 1 aliphatic heterocycles. The molecule has 0 radical (unpaired) electrons. The van der Waals surface area contributed by atoms with E-state index in [1.807, 2.05) is 29.8 Å². The third kappa shape index (κ3) is 4.20. The number of methoxy groups -OCH3 is 1. The Morgan fingerprint density at radius 2 is 1.89 bits per heavy atom. The molecule has 4 aromatic rings. The lowest BCUT2D eigenvalue weighted by molar-refractivity contribution is 0.261. The maximum absolute atomic E-state index is 14.4. The van der Waals surface area contributed by atoms with Crippen LogP contribution in [0.4, 0.5) is 30.6 Å². The summed E-state index contributed by atoms with van der Waals surface area (Å²) >= 11 is 0. The summed E-state index contributed by atoms with van der Waals surface area (Å²) in [6, 6.07) is 6.18. The SMILES string of the molecule is COc1cc(Nc2ncc3c(n2)N(C)C(c2cc(F)c(F)cc2F)CO3)ccc1-n1cnc(C)c1. The van der Waals surface area contributed by atoms with Gasteiger partial charge in [-0.15, -0.1) is 0 Å². The van der Waals surface area contributed by atoms with Gasteiger partial charge in [0, 0.05) is 36.6 Å². The predicted octanol–water partition coefficient (Wildman–Crippen LogP) is 4.71. The fourth-order valence-corrected chi connectivity index (χ4v) is 3.95. The van der Waals surface area contributed by atoms with Gasteiger partial charge < -0.3 is 24.3 Å². The Bertz CT molecular complexity index is 1410. The number of halogens is 3. The second kappa shape index (κ2) is 8.82. The number of imidazole rings is 1. The first-order valence-corrected chi connectivity index (χ1v) is 10.7. The predicted molar refractivity (Wildman–Crippen MR) is 123 cm³/mol. The van der Waals surface area contributed by atoms with Crippen molar-refractivity contribution in [1.29, 1.82) is 0 Å². The first-order valence-electron chi connectivity index (χ1n) is 10.7. The van der Waals surface area contributed by atoms with Crippen molar-refractivity contribution in [3.63, 3.8) is 0 Å². The minimum Gasteiger partial charge on any atom is -0.494 e. The van der Waals surface area contributed by atoms with E-state index in [0.717, 1.165) is 17.4 Å². The van der Waals surface area contributed by atoms with Gasteiger partial charge in [0.25, 0.3) is 0 Å². The van der Waals surface area contributed by atoms with E-state index < -0.39 is 23.5 Å². The number of benzene rings is 2. The van der Waals surface area contributed by atoms with Crippen LogP contribution in [0.5, 0.6) is 11.5 Å². The number of nitrogens with one attached hydrogen (secondary N) is 1. The van der Waals surface area contributed by atoms with Crippen LogP contribution < -0.4 is 19.7 Å². The zero-order valence-electron chi connectivity index (χ0n) is 19.1. The molecule has 2 aromatic carbocycles. The number of aryl methyl sites for hydroxylation is 1. The molecule has 1 atom stereocenters. The van der Waals surface area contributed by atoms with Crippen molar-refractivity contribution in [2.24, 2.45) is 0 Å². The van der Waals surface area contributed by atoms with Gasteiger partial charge in [-0.2, -0.15) is 4.98 Å². The van der Waals surface area contributed by atoms with Crippen LogP contribution >= 0.6 is 0 Å². The molecule has 0 bridgehead atoms. The third-order valence-electron chi connectivity index (χ3n) is 5.76. The molecule has 0 aliphatic carbocycles. The largest absolute Gasteiger partial charge is 0.494 e. The van der Waals surface area contributed by atoms with Crippen LogP contribution in [0.1, 0.15) is 17.3 Å². The lowest BCUT2D eigenvalue weighted by Gasteiger charge is -2.35. The van der Waals surface area contributed by atoms with Gasteiger partial charge in [-0.05, 0) is 25.1 Å². The second-order valence-electron chi connectivity index (χ2n) is 8.04. The number of rotatable bonds is 5. The summed E-state index contributed by atoms with van der Waals surface area (Å²) in [5.41, 5.74) is 2.34. The van der Waals surface area contributed by atoms with Crippen LogP contribution in [-0.2, 0) is 0 Å². The van der Waals surface area contributed by atoms with Crippen molar-refractivity contribution in [3.05, 3.63) is 77.8 Å². The van der Waals surface area contributed by atoms with E-state index in [-0.39, 0.29) is 18.1 Å². The summed E-state index contributed by atoms with van der Waals surface area (Å²) in [5, 5.41) is 3.12. The molecule has 0 saturated carbocycles. The van der Waals surface area contributed by atoms with E-state index >= 15 is 0 Å². The lowest BCUT2D eigenvalue weighted by atomic mass is 10.0. The standard InChI is InChI=1S/C24H21F3N6O2/c1-13-10-33(12-29-13)19-5-4-14(6-21(19)34-3)30-24-28-9-22-23(31-24)32(2)20(11-35-22)15-7-17(26)18(27)8-16(15)25/h4-10,12,20H,11H2,1-3H3,(H,28,30,31). The molecule has 8 nitrogen and oxygen atoms in total. The Hall–Kier alpha value is -4.28. The molecule has 2 aromatic heterocycles. The number of fused-ring (bicyclic) bond motifs is 1. The minimum absolute atomic E-state index is 0.0218. The van der Waals surface area contributed by atoms with Crippen molar-refractivity contribution < 1.29 is 22.6 Å². The number of hydrogen-bond donors (Lipinski definition) is 1. The van der Waals surface area contributed by atoms with Gasteiger partial charge in [-0.1, -0.05) is 0 Å². The van der Waals surface area contributed by atoms with Gasteiger partial charge in [0.15, 0.2) is 23.2 Å². The maximum Gasteiger partial charge on any atom is 0.229 e. The zero-order valence-corrected chi connectivity index (χ0v) is 19.1. The highest BCUT2D eigenvalue weighted by molar-refractivity contribution is 5.64. The molecule has 0 saturated heterocycles. The molecule has 1 N–H and O–H groups in total. The summed E-state index contributed by atoms with van der Waals surface area (Å²) < 4.78 is 54.7. The molecule has 0 fully saturated rings. The Morgan fingerprint density at radius 1 is 1.09 bits per heavy atom. The van der Waals surface area contributed by atoms with E-state index in [2.05, 4.69) is 20.3 Å². The molecule has 1 aliphatic rings. The van der Waals surface area contributed by atoms with Gasteiger partial charge in [0.1, 0.15) is 18.2 Å². The molecule has 35 heavy (non-hydrogen) atoms. The first-order chi connectivity index (χ1) is 16.8. The Labute approximate surface area is 199 Å². The Morgan fingerprint density at radius 3 is 2.63 bits per heavy atom. The van der Waals surface area contributed by atoms with Crippen LogP contribution in [0.25, 0.3) is 5.69 Å². The summed E-state index contributed by atoms with van der Waals surface area (Å²) in [6.07, 6.45) is 5.09. The fraction of sp³-hybridized carbons (Fsp3) is 0.208. The maximum atomic E-state index is 14.4. The van der Waals surface area contributed by atoms with E-state index in [4.69, 9.17) is 9.47 Å². The highest BCUT2D eigenvalue weighted by Crippen LogP contribution is 2.38. The summed E-state index contributed by atoms with van der Waals surface area (Å²) in [4.78, 5) is 14.7. The quantitative estimate of drug-likeness (QED) is 0.413. The number of likely N-dealkylation sites (N-methyl/N-ethyl adjacent to an activating group) is 1. The zero-order chi connectivity index (χ0) is 24.7. The van der Waals surface area contributed by atoms with E-state index in [1.54, 1.807) is 31.5 Å². The first kappa shape index (κ1) is 22.5. The molecule has 1 unspecified atom stereocenters. The van der Waals surface area contributed by atoms with Crippen molar-refractivity contribution in [3.8, 4) is 17.2 Å². The molecule has 0 spiro atoms. The van der Waals surface area contributed by atoms with Crippen molar-refractivity contribution >= 4 is 17.5 Å². The van der Waals surface area contributed by atoms with Gasteiger partial charge in [-0.25, -0.2) is 23.1 Å². The average Bonchev–Trinajstić information content (AvgIpc) is 3.28. The van der Waals surface area contributed by atoms with Gasteiger partial charge in [-0.3, -0.25) is 0 Å². The van der Waals surface area contributed by atoms with E-state index in [1.165, 1.54) is 6.20 Å². The van der Waals surface area contributed by atoms with Crippen LogP contribution in [-0.4, -0.2) is 40.3 Å². The summed E-state index contributed by atoms with van der Waals surface area (Å²) in [6.45, 7) is 1.92. The molecule has 11 heteroatoms. The highest BCUT2D eigenvalue weighted by Gasteiger charge is 2.31. The number of nitrogens with zero attached hydrogens (tertiary/aromatic N) is 5. The van der Waals surface area contributed by atoms with E-state index in [9.17, 15) is 13.2 Å². The highest BCUT2D eigenvalue weighted by atomic mass is 19.2. The second-order valence-corrected chi connectivity index (χ2v) is 8.04. The smallest absolute Gasteiger partial charge is 0.229 e. The number of anilines is 3. The van der Waals surface area contributed by atoms with Crippen LogP contribution in [0, 0.1) is 24.4 Å². The monoisotopic (exact) mass is 482 g/mol. The van der Waals surface area contributed by atoms with Gasteiger partial charge >= 0.3 is 0 Å². The van der Waals surface area contributed by atoms with Crippen molar-refractivity contribution in [1.82, 2.24) is 19.5 Å². The number of aromatic nitrogens is 4. The fourth-order valence-electron chi connectivity index (χ4n) is 3.95. The van der Waals surface area contributed by atoms with Crippen molar-refractivity contribution in [2.45, 2.75) is 13.0 Å². The normalized spacial score (nSPS) is 14.9. The average molecular weight is 482 g/mol. The van der Waals surface area contributed by atoms with Crippen LogP contribution in [0.2, 0.25) is 0 Å². The van der Waals surface area contributed by atoms with Crippen molar-refractivity contribution in [2.75, 3.05) is 31.0 Å². The van der Waals surface area contributed by atoms with Gasteiger partial charge in [0.05, 0.1) is 37.1 Å². The molecule has 180 valence electrons. The molecule has 5 rings (SSSR count). The molecule has 0 amide bonds. The van der Waals surface area contributed by atoms with Crippen LogP contribution in [0.3, 0.4) is 0 Å². The molecule has 3 heterocycles. The van der Waals surface area contributed by atoms with E-state index in [0.29, 0.717) is 29.1 Å². The molecular formula is C24H21F3N6O2. The van der Waals surface area contributed by atoms with Crippen LogP contribution in [0.15, 0.2) is 49.1 Å². The topological polar surface area (TPSA) is 77.3 Å². The Balaban J connectivity index is 1.42. The minimum atomic E-state index is -1.25. The lowest BCUT2D eigenvalue weighted by Crippen LogP contribution is -2.35. The Kier molecular flexibility index (Phi) is 5.67.